The first-order chi connectivity index (χ1) is 12.1. The highest BCUT2D eigenvalue weighted by molar-refractivity contribution is 7.90. The number of ether oxygens (including phenoxy) is 1. The van der Waals surface area contributed by atoms with E-state index in [-0.39, 0.29) is 29.6 Å². The predicted molar refractivity (Wildman–Crippen MR) is 91.5 cm³/mol. The second-order valence-corrected chi connectivity index (χ2v) is 8.10. The summed E-state index contributed by atoms with van der Waals surface area (Å²) in [4.78, 5) is 36.1. The van der Waals surface area contributed by atoms with Gasteiger partial charge >= 0.3 is 5.97 Å². The minimum Gasteiger partial charge on any atom is -0.466 e. The van der Waals surface area contributed by atoms with Crippen LogP contribution in [0.1, 0.15) is 30.1 Å². The molecule has 1 heterocycles. The quantitative estimate of drug-likeness (QED) is 0.427. The van der Waals surface area contributed by atoms with Gasteiger partial charge in [-0.2, -0.15) is 0 Å². The molecule has 0 bridgehead atoms. The summed E-state index contributed by atoms with van der Waals surface area (Å²) in [6.45, 7) is 2.45. The fourth-order valence-electron chi connectivity index (χ4n) is 2.82. The molecular formula is C16H20N2O7S. The summed E-state index contributed by atoms with van der Waals surface area (Å²) in [5.74, 6) is -1.39. The smallest absolute Gasteiger partial charge is 0.310 e. The molecule has 0 saturated carbocycles. The van der Waals surface area contributed by atoms with Crippen LogP contribution < -0.4 is 0 Å². The molecule has 0 radical (unpaired) electrons. The number of amides is 1. The van der Waals surface area contributed by atoms with Crippen LogP contribution in [0.3, 0.4) is 0 Å². The van der Waals surface area contributed by atoms with Gasteiger partial charge in [0.1, 0.15) is 0 Å². The van der Waals surface area contributed by atoms with Crippen molar-refractivity contribution in [2.45, 2.75) is 24.7 Å². The Morgan fingerprint density at radius 2 is 2.04 bits per heavy atom. The molecule has 26 heavy (non-hydrogen) atoms. The summed E-state index contributed by atoms with van der Waals surface area (Å²) in [7, 11) is -3.73. The maximum absolute atomic E-state index is 12.7. The zero-order chi connectivity index (χ0) is 19.5. The number of carbonyl (C=O) groups is 2. The highest BCUT2D eigenvalue weighted by Crippen LogP contribution is 2.24. The van der Waals surface area contributed by atoms with Gasteiger partial charge in [-0.25, -0.2) is 8.42 Å². The van der Waals surface area contributed by atoms with Crippen molar-refractivity contribution in [3.8, 4) is 0 Å². The van der Waals surface area contributed by atoms with E-state index in [0.717, 1.165) is 24.5 Å². The second kappa shape index (κ2) is 7.81. The largest absolute Gasteiger partial charge is 0.466 e. The van der Waals surface area contributed by atoms with Gasteiger partial charge in [-0.3, -0.25) is 19.7 Å². The molecular weight excluding hydrogens is 364 g/mol. The van der Waals surface area contributed by atoms with Crippen molar-refractivity contribution in [2.75, 3.05) is 26.0 Å². The minimum atomic E-state index is -3.73. The van der Waals surface area contributed by atoms with Crippen LogP contribution in [-0.2, 0) is 19.4 Å². The number of carbonyl (C=O) groups excluding carboxylic acids is 2. The molecule has 0 aliphatic carbocycles. The normalized spacial score (nSPS) is 17.6. The van der Waals surface area contributed by atoms with Crippen molar-refractivity contribution < 1.29 is 27.7 Å². The second-order valence-electron chi connectivity index (χ2n) is 6.09. The van der Waals surface area contributed by atoms with Crippen LogP contribution in [0.25, 0.3) is 0 Å². The predicted octanol–water partition coefficient (Wildman–Crippen LogP) is 1.41. The van der Waals surface area contributed by atoms with E-state index in [9.17, 15) is 28.1 Å². The topological polar surface area (TPSA) is 124 Å². The number of hydrogen-bond acceptors (Lipinski definition) is 7. The van der Waals surface area contributed by atoms with E-state index < -0.39 is 32.3 Å². The summed E-state index contributed by atoms with van der Waals surface area (Å²) >= 11 is 0. The summed E-state index contributed by atoms with van der Waals surface area (Å²) in [5, 5.41) is 11.1. The van der Waals surface area contributed by atoms with Gasteiger partial charge in [0, 0.05) is 37.0 Å². The van der Waals surface area contributed by atoms with Crippen LogP contribution in [0.4, 0.5) is 5.69 Å². The number of nitrogens with zero attached hydrogens (tertiary/aromatic N) is 2. The number of nitro groups is 1. The Kier molecular flexibility index (Phi) is 5.96. The summed E-state index contributed by atoms with van der Waals surface area (Å²) < 4.78 is 28.5. The molecule has 1 unspecified atom stereocenters. The first-order valence-corrected chi connectivity index (χ1v) is 9.98. The third kappa shape index (κ3) is 4.57. The molecule has 1 aliphatic heterocycles. The number of nitro benzene ring substituents is 1. The molecule has 10 heteroatoms. The van der Waals surface area contributed by atoms with Crippen molar-refractivity contribution in [1.29, 1.82) is 0 Å². The highest BCUT2D eigenvalue weighted by Gasteiger charge is 2.31. The Morgan fingerprint density at radius 1 is 1.35 bits per heavy atom. The molecule has 1 saturated heterocycles. The van der Waals surface area contributed by atoms with Gasteiger partial charge in [-0.05, 0) is 25.8 Å². The van der Waals surface area contributed by atoms with Gasteiger partial charge in [0.2, 0.25) is 0 Å². The Morgan fingerprint density at radius 3 is 2.62 bits per heavy atom. The van der Waals surface area contributed by atoms with E-state index in [1.165, 1.54) is 4.90 Å². The number of hydrogen-bond donors (Lipinski definition) is 0. The van der Waals surface area contributed by atoms with E-state index in [1.54, 1.807) is 6.92 Å². The van der Waals surface area contributed by atoms with Crippen LogP contribution >= 0.6 is 0 Å². The van der Waals surface area contributed by atoms with E-state index in [0.29, 0.717) is 19.4 Å². The molecule has 0 spiro atoms. The van der Waals surface area contributed by atoms with Gasteiger partial charge in [0.05, 0.1) is 22.3 Å². The minimum absolute atomic E-state index is 0.0934. The average Bonchev–Trinajstić information content (AvgIpc) is 2.60. The fraction of sp³-hybridized carbons (Fsp3) is 0.500. The zero-order valence-corrected chi connectivity index (χ0v) is 15.3. The lowest BCUT2D eigenvalue weighted by Crippen LogP contribution is -2.42. The van der Waals surface area contributed by atoms with Gasteiger partial charge in [0.15, 0.2) is 9.84 Å². The first-order valence-electron chi connectivity index (χ1n) is 8.09. The Balaban J connectivity index is 2.32. The number of rotatable bonds is 5. The van der Waals surface area contributed by atoms with Crippen LogP contribution in [-0.4, -0.2) is 56.1 Å². The van der Waals surface area contributed by atoms with Gasteiger partial charge in [-0.15, -0.1) is 0 Å². The zero-order valence-electron chi connectivity index (χ0n) is 14.5. The Labute approximate surface area is 151 Å². The molecule has 1 atom stereocenters. The maximum atomic E-state index is 12.7. The molecule has 2 rings (SSSR count). The SMILES string of the molecule is CCOC(=O)C1CCCN(C(=O)c2cc([N+](=O)[O-])cc(S(C)(=O)=O)c2)C1. The summed E-state index contributed by atoms with van der Waals surface area (Å²) in [6.07, 6.45) is 2.09. The number of piperidine rings is 1. The third-order valence-electron chi connectivity index (χ3n) is 4.11. The number of likely N-dealkylation sites (tertiary alicyclic amines) is 1. The van der Waals surface area contributed by atoms with Crippen molar-refractivity contribution >= 4 is 27.4 Å². The standard InChI is InChI=1S/C16H20N2O7S/c1-3-25-16(20)11-5-4-6-17(10-11)15(19)12-7-13(18(21)22)9-14(8-12)26(2,23)24/h7-9,11H,3-6,10H2,1-2H3. The lowest BCUT2D eigenvalue weighted by Gasteiger charge is -2.31. The van der Waals surface area contributed by atoms with Gasteiger partial charge in [-0.1, -0.05) is 0 Å². The van der Waals surface area contributed by atoms with Crippen molar-refractivity contribution in [2.24, 2.45) is 5.92 Å². The molecule has 1 aromatic rings. The average molecular weight is 384 g/mol. The number of benzene rings is 1. The molecule has 0 aromatic heterocycles. The first kappa shape index (κ1) is 19.8. The highest BCUT2D eigenvalue weighted by atomic mass is 32.2. The van der Waals surface area contributed by atoms with Crippen molar-refractivity contribution in [3.05, 3.63) is 33.9 Å². The fourth-order valence-corrected chi connectivity index (χ4v) is 3.50. The number of sulfone groups is 1. The van der Waals surface area contributed by atoms with Crippen molar-refractivity contribution in [1.82, 2.24) is 4.90 Å². The van der Waals surface area contributed by atoms with E-state index >= 15 is 0 Å². The van der Waals surface area contributed by atoms with Crippen LogP contribution in [0, 0.1) is 16.0 Å². The molecule has 1 aliphatic rings. The molecule has 1 aromatic carbocycles. The number of non-ortho nitro benzene ring substituents is 1. The maximum Gasteiger partial charge on any atom is 0.310 e. The van der Waals surface area contributed by atoms with E-state index in [2.05, 4.69) is 0 Å². The Bertz CT molecular complexity index is 835. The molecule has 0 N–H and O–H groups in total. The monoisotopic (exact) mass is 384 g/mol. The lowest BCUT2D eigenvalue weighted by atomic mass is 9.97. The van der Waals surface area contributed by atoms with Gasteiger partial charge < -0.3 is 9.64 Å². The van der Waals surface area contributed by atoms with Crippen LogP contribution in [0.15, 0.2) is 23.1 Å². The summed E-state index contributed by atoms with van der Waals surface area (Å²) in [5.41, 5.74) is -0.570. The van der Waals surface area contributed by atoms with Crippen molar-refractivity contribution in [3.63, 3.8) is 0 Å². The lowest BCUT2D eigenvalue weighted by molar-refractivity contribution is -0.385. The molecule has 142 valence electrons. The molecule has 1 amide bonds. The number of esters is 1. The third-order valence-corrected chi connectivity index (χ3v) is 5.20. The molecule has 9 nitrogen and oxygen atoms in total. The Hall–Kier alpha value is -2.49. The molecule has 1 fully saturated rings. The van der Waals surface area contributed by atoms with Gasteiger partial charge in [0.25, 0.3) is 11.6 Å². The van der Waals surface area contributed by atoms with E-state index in [1.807, 2.05) is 0 Å². The van der Waals surface area contributed by atoms with Crippen LogP contribution in [0.5, 0.6) is 0 Å². The van der Waals surface area contributed by atoms with E-state index in [4.69, 9.17) is 4.74 Å². The van der Waals surface area contributed by atoms with Crippen LogP contribution in [0.2, 0.25) is 0 Å². The summed E-state index contributed by atoms with van der Waals surface area (Å²) in [6, 6.07) is 3.09.